The molecule has 7 nitrogen and oxygen atoms in total. The number of guanidine groups is 1. The summed E-state index contributed by atoms with van der Waals surface area (Å²) in [6, 6.07) is 9.95. The molecule has 1 atom stereocenters. The molecule has 1 aromatic heterocycles. The van der Waals surface area contributed by atoms with E-state index in [4.69, 9.17) is 4.42 Å². The average molecular weight is 371 g/mol. The summed E-state index contributed by atoms with van der Waals surface area (Å²) < 4.78 is 5.53. The number of aliphatic imine (C=N–C) groups is 1. The first kappa shape index (κ1) is 20.5. The Kier molecular flexibility index (Phi) is 8.35. The number of nitrogens with zero attached hydrogens (tertiary/aromatic N) is 2. The van der Waals surface area contributed by atoms with E-state index in [1.165, 1.54) is 0 Å². The molecule has 7 heteroatoms. The highest BCUT2D eigenvalue weighted by Gasteiger charge is 2.08. The van der Waals surface area contributed by atoms with Crippen molar-refractivity contribution in [3.63, 3.8) is 0 Å². The van der Waals surface area contributed by atoms with E-state index in [1.807, 2.05) is 51.1 Å². The number of carbonyl (C=O) groups is 1. The van der Waals surface area contributed by atoms with Gasteiger partial charge in [-0.1, -0.05) is 25.1 Å². The summed E-state index contributed by atoms with van der Waals surface area (Å²) >= 11 is 0. The summed E-state index contributed by atoms with van der Waals surface area (Å²) in [5.74, 6) is 1.27. The monoisotopic (exact) mass is 371 g/mol. The summed E-state index contributed by atoms with van der Waals surface area (Å²) in [4.78, 5) is 20.8. The Hall–Kier alpha value is -2.83. The highest BCUT2D eigenvalue weighted by atomic mass is 16.3. The van der Waals surface area contributed by atoms with Gasteiger partial charge >= 0.3 is 0 Å². The van der Waals surface area contributed by atoms with Crippen LogP contribution < -0.4 is 16.0 Å². The number of rotatable bonds is 9. The molecule has 1 aromatic carbocycles. The van der Waals surface area contributed by atoms with Crippen LogP contribution in [0.4, 0.5) is 0 Å². The molecule has 1 amide bonds. The van der Waals surface area contributed by atoms with Crippen LogP contribution in [0.15, 0.2) is 46.0 Å². The Balaban J connectivity index is 1.86. The molecule has 146 valence electrons. The van der Waals surface area contributed by atoms with E-state index in [-0.39, 0.29) is 11.9 Å². The van der Waals surface area contributed by atoms with Crippen molar-refractivity contribution in [1.29, 1.82) is 0 Å². The van der Waals surface area contributed by atoms with Crippen LogP contribution in [0.25, 0.3) is 11.5 Å². The number of amides is 1. The molecular formula is C20H29N5O2. The van der Waals surface area contributed by atoms with E-state index in [9.17, 15) is 4.79 Å². The molecule has 2 rings (SSSR count). The molecular weight excluding hydrogens is 342 g/mol. The maximum absolute atomic E-state index is 11.8. The Morgan fingerprint density at radius 2 is 2.00 bits per heavy atom. The Bertz CT molecular complexity index is 727. The number of oxazole rings is 1. The summed E-state index contributed by atoms with van der Waals surface area (Å²) in [7, 11) is 0. The molecule has 0 bridgehead atoms. The average Bonchev–Trinajstić information content (AvgIpc) is 3.15. The Morgan fingerprint density at radius 1 is 1.22 bits per heavy atom. The summed E-state index contributed by atoms with van der Waals surface area (Å²) in [5, 5.41) is 9.29. The second-order valence-corrected chi connectivity index (χ2v) is 6.26. The van der Waals surface area contributed by atoms with Crippen molar-refractivity contribution >= 4 is 11.9 Å². The van der Waals surface area contributed by atoms with Gasteiger partial charge in [0, 0.05) is 31.1 Å². The van der Waals surface area contributed by atoms with Crippen LogP contribution in [0.3, 0.4) is 0 Å². The van der Waals surface area contributed by atoms with E-state index >= 15 is 0 Å². The van der Waals surface area contributed by atoms with Crippen molar-refractivity contribution in [2.24, 2.45) is 4.99 Å². The largest absolute Gasteiger partial charge is 0.444 e. The maximum atomic E-state index is 11.8. The predicted molar refractivity (Wildman–Crippen MR) is 107 cm³/mol. The van der Waals surface area contributed by atoms with Gasteiger partial charge in [-0.25, -0.2) is 9.98 Å². The van der Waals surface area contributed by atoms with Gasteiger partial charge in [-0.3, -0.25) is 4.79 Å². The molecule has 0 aliphatic rings. The quantitative estimate of drug-likeness (QED) is 0.466. The lowest BCUT2D eigenvalue weighted by atomic mass is 10.2. The molecule has 0 aliphatic heterocycles. The van der Waals surface area contributed by atoms with Gasteiger partial charge < -0.3 is 20.4 Å². The number of nitrogens with one attached hydrogen (secondary N) is 3. The van der Waals surface area contributed by atoms with Gasteiger partial charge in [0.1, 0.15) is 12.0 Å². The number of hydrogen-bond acceptors (Lipinski definition) is 4. The summed E-state index contributed by atoms with van der Waals surface area (Å²) in [6.45, 7) is 7.69. The minimum atomic E-state index is 0.0386. The molecule has 3 N–H and O–H groups in total. The fraction of sp³-hybridized carbons (Fsp3) is 0.450. The minimum absolute atomic E-state index is 0.0386. The maximum Gasteiger partial charge on any atom is 0.226 e. The third-order valence-corrected chi connectivity index (χ3v) is 3.98. The van der Waals surface area contributed by atoms with Crippen molar-refractivity contribution < 1.29 is 9.21 Å². The normalized spacial score (nSPS) is 12.5. The highest BCUT2D eigenvalue weighted by molar-refractivity contribution is 5.81. The topological polar surface area (TPSA) is 91.6 Å². The van der Waals surface area contributed by atoms with Gasteiger partial charge in [0.05, 0.1) is 6.54 Å². The first-order chi connectivity index (χ1) is 13.1. The Morgan fingerprint density at radius 3 is 2.70 bits per heavy atom. The first-order valence-electron chi connectivity index (χ1n) is 9.43. The molecule has 0 radical (unpaired) electrons. The van der Waals surface area contributed by atoms with Crippen LogP contribution in [-0.2, 0) is 11.3 Å². The number of carbonyl (C=O) groups excluding carboxylic acids is 1. The molecule has 1 unspecified atom stereocenters. The third kappa shape index (κ3) is 7.13. The molecule has 0 saturated heterocycles. The van der Waals surface area contributed by atoms with Crippen molar-refractivity contribution in [2.45, 2.75) is 46.2 Å². The number of aromatic nitrogens is 1. The van der Waals surface area contributed by atoms with Crippen LogP contribution >= 0.6 is 0 Å². The fourth-order valence-electron chi connectivity index (χ4n) is 2.34. The van der Waals surface area contributed by atoms with Crippen molar-refractivity contribution in [3.8, 4) is 11.5 Å². The molecule has 0 saturated carbocycles. The van der Waals surface area contributed by atoms with Crippen molar-refractivity contribution in [1.82, 2.24) is 20.9 Å². The second-order valence-electron chi connectivity index (χ2n) is 6.26. The Labute approximate surface area is 160 Å². The minimum Gasteiger partial charge on any atom is -0.444 e. The van der Waals surface area contributed by atoms with Crippen molar-refractivity contribution in [2.75, 3.05) is 13.1 Å². The van der Waals surface area contributed by atoms with Crippen LogP contribution in [0.5, 0.6) is 0 Å². The van der Waals surface area contributed by atoms with E-state index in [0.717, 1.165) is 24.2 Å². The molecule has 27 heavy (non-hydrogen) atoms. The molecule has 1 heterocycles. The standard InChI is InChI=1S/C20H29N5O2/c1-4-15(3)24-18(26)11-12-22-20(21-5-2)23-13-17-14-27-19(25-17)16-9-7-6-8-10-16/h6-10,14-15H,4-5,11-13H2,1-3H3,(H,24,26)(H2,21,22,23). The first-order valence-corrected chi connectivity index (χ1v) is 9.43. The van der Waals surface area contributed by atoms with Crippen molar-refractivity contribution in [3.05, 3.63) is 42.3 Å². The lowest BCUT2D eigenvalue weighted by Crippen LogP contribution is -2.40. The van der Waals surface area contributed by atoms with Gasteiger partial charge in [-0.05, 0) is 32.4 Å². The molecule has 0 fully saturated rings. The second kappa shape index (κ2) is 11.0. The summed E-state index contributed by atoms with van der Waals surface area (Å²) in [5.41, 5.74) is 1.69. The predicted octanol–water partition coefficient (Wildman–Crippen LogP) is 2.70. The van der Waals surface area contributed by atoms with Crippen LogP contribution in [-0.4, -0.2) is 36.0 Å². The zero-order chi connectivity index (χ0) is 19.5. The number of hydrogen-bond donors (Lipinski definition) is 3. The molecule has 0 aliphatic carbocycles. The van der Waals surface area contributed by atoms with Gasteiger partial charge in [0.2, 0.25) is 11.8 Å². The van der Waals surface area contributed by atoms with Gasteiger partial charge in [0.15, 0.2) is 5.96 Å². The van der Waals surface area contributed by atoms with Gasteiger partial charge in [-0.15, -0.1) is 0 Å². The lowest BCUT2D eigenvalue weighted by molar-refractivity contribution is -0.121. The van der Waals surface area contributed by atoms with E-state index in [1.54, 1.807) is 6.26 Å². The van der Waals surface area contributed by atoms with E-state index in [2.05, 4.69) is 25.9 Å². The third-order valence-electron chi connectivity index (χ3n) is 3.98. The number of benzene rings is 1. The fourth-order valence-corrected chi connectivity index (χ4v) is 2.34. The lowest BCUT2D eigenvalue weighted by Gasteiger charge is -2.13. The van der Waals surface area contributed by atoms with E-state index < -0.39 is 0 Å². The van der Waals surface area contributed by atoms with Crippen LogP contribution in [0, 0.1) is 0 Å². The van der Waals surface area contributed by atoms with Gasteiger partial charge in [0.25, 0.3) is 0 Å². The zero-order valence-electron chi connectivity index (χ0n) is 16.3. The highest BCUT2D eigenvalue weighted by Crippen LogP contribution is 2.18. The smallest absolute Gasteiger partial charge is 0.226 e. The van der Waals surface area contributed by atoms with E-state index in [0.29, 0.717) is 31.4 Å². The van der Waals surface area contributed by atoms with Crippen LogP contribution in [0.1, 0.15) is 39.3 Å². The van der Waals surface area contributed by atoms with Gasteiger partial charge in [-0.2, -0.15) is 0 Å². The molecule has 0 spiro atoms. The summed E-state index contributed by atoms with van der Waals surface area (Å²) in [6.07, 6.45) is 2.94. The SMILES string of the molecule is CCNC(=NCc1coc(-c2ccccc2)n1)NCCC(=O)NC(C)CC. The van der Waals surface area contributed by atoms with Crippen LogP contribution in [0.2, 0.25) is 0 Å². The zero-order valence-corrected chi connectivity index (χ0v) is 16.3. The molecule has 2 aromatic rings.